The van der Waals surface area contributed by atoms with Gasteiger partial charge < -0.3 is 10.2 Å². The largest absolute Gasteiger partial charge is 0.314 e. The third kappa shape index (κ3) is 9.12. The second-order valence-electron chi connectivity index (χ2n) is 12.4. The second kappa shape index (κ2) is 14.8. The predicted octanol–water partition coefficient (Wildman–Crippen LogP) is 8.93. The minimum atomic E-state index is 0.476. The van der Waals surface area contributed by atoms with Crippen molar-refractivity contribution in [2.45, 2.75) is 138 Å². The van der Waals surface area contributed by atoms with Gasteiger partial charge in [-0.25, -0.2) is 0 Å². The number of rotatable bonds is 5. The molecule has 1 saturated heterocycles. The van der Waals surface area contributed by atoms with E-state index in [9.17, 15) is 0 Å². The summed E-state index contributed by atoms with van der Waals surface area (Å²) < 4.78 is 0. The summed E-state index contributed by atoms with van der Waals surface area (Å²) in [7, 11) is 0. The molecule has 0 bridgehead atoms. The molecular weight excluding hydrogens is 412 g/mol. The number of allylic oxidation sites excluding steroid dienone is 4. The maximum atomic E-state index is 3.53. The van der Waals surface area contributed by atoms with Crippen LogP contribution in [-0.2, 0) is 0 Å². The van der Waals surface area contributed by atoms with Crippen molar-refractivity contribution in [3.63, 3.8) is 0 Å². The highest BCUT2D eigenvalue weighted by Crippen LogP contribution is 2.51. The van der Waals surface area contributed by atoms with E-state index in [4.69, 9.17) is 0 Å². The lowest BCUT2D eigenvalue weighted by atomic mass is 9.62. The Kier molecular flexibility index (Phi) is 12.9. The quantitative estimate of drug-likeness (QED) is 0.429. The molecule has 1 N–H and O–H groups in total. The molecule has 34 heavy (non-hydrogen) atoms. The Morgan fingerprint density at radius 2 is 1.65 bits per heavy atom. The molecule has 0 aromatic rings. The summed E-state index contributed by atoms with van der Waals surface area (Å²) in [6.07, 6.45) is 23.0. The highest BCUT2D eigenvalue weighted by atomic mass is 15.1. The number of fused-ring (bicyclic) bond motifs is 1. The summed E-state index contributed by atoms with van der Waals surface area (Å²) in [6, 6.07) is 0.836. The van der Waals surface area contributed by atoms with Gasteiger partial charge in [-0.3, -0.25) is 0 Å². The van der Waals surface area contributed by atoms with Crippen molar-refractivity contribution < 1.29 is 0 Å². The Morgan fingerprint density at radius 3 is 2.24 bits per heavy atom. The number of piperidine rings is 1. The molecule has 198 valence electrons. The van der Waals surface area contributed by atoms with Crippen LogP contribution in [0.3, 0.4) is 0 Å². The van der Waals surface area contributed by atoms with Gasteiger partial charge >= 0.3 is 0 Å². The molecule has 4 rings (SSSR count). The van der Waals surface area contributed by atoms with Crippen molar-refractivity contribution in [2.75, 3.05) is 26.2 Å². The molecule has 2 heteroatoms. The highest BCUT2D eigenvalue weighted by Gasteiger charge is 2.40. The number of nitrogens with one attached hydrogen (secondary N) is 1. The van der Waals surface area contributed by atoms with Gasteiger partial charge in [-0.15, -0.1) is 0 Å². The maximum absolute atomic E-state index is 3.53. The van der Waals surface area contributed by atoms with Crippen molar-refractivity contribution in [3.05, 3.63) is 23.3 Å². The average Bonchev–Trinajstić information content (AvgIpc) is 2.86. The smallest absolute Gasteiger partial charge is 0.00671 e. The summed E-state index contributed by atoms with van der Waals surface area (Å²) >= 11 is 0. The normalized spacial score (nSPS) is 26.8. The first-order valence-electron chi connectivity index (χ1n) is 15.2. The van der Waals surface area contributed by atoms with Crippen LogP contribution >= 0.6 is 0 Å². The fraction of sp³-hybridized carbons (Fsp3) is 0.875. The zero-order valence-corrected chi connectivity index (χ0v) is 24.3. The van der Waals surface area contributed by atoms with Crippen LogP contribution in [0.15, 0.2) is 23.3 Å². The Morgan fingerprint density at radius 1 is 0.971 bits per heavy atom. The van der Waals surface area contributed by atoms with Gasteiger partial charge in [-0.1, -0.05) is 72.6 Å². The van der Waals surface area contributed by atoms with Gasteiger partial charge in [0.25, 0.3) is 0 Å². The first-order valence-corrected chi connectivity index (χ1v) is 15.2. The SMILES string of the molecule is CC.CC(C)(C)CCN1CCC2(CCCC3=C2CCC=C3)CC1.CCNC1CCC(CC)CC1. The fourth-order valence-corrected chi connectivity index (χ4v) is 6.64. The summed E-state index contributed by atoms with van der Waals surface area (Å²) in [5.41, 5.74) is 4.66. The van der Waals surface area contributed by atoms with E-state index >= 15 is 0 Å². The summed E-state index contributed by atoms with van der Waals surface area (Å²) in [5.74, 6) is 1.03. The second-order valence-corrected chi connectivity index (χ2v) is 12.4. The summed E-state index contributed by atoms with van der Waals surface area (Å²) in [6.45, 7) is 20.7. The van der Waals surface area contributed by atoms with Gasteiger partial charge in [0.1, 0.15) is 0 Å². The third-order valence-electron chi connectivity index (χ3n) is 8.92. The molecule has 1 spiro atoms. The van der Waals surface area contributed by atoms with E-state index < -0.39 is 0 Å². The number of hydrogen-bond acceptors (Lipinski definition) is 2. The van der Waals surface area contributed by atoms with Crippen molar-refractivity contribution in [1.29, 1.82) is 0 Å². The highest BCUT2D eigenvalue weighted by molar-refractivity contribution is 5.36. The van der Waals surface area contributed by atoms with Crippen molar-refractivity contribution in [2.24, 2.45) is 16.7 Å². The van der Waals surface area contributed by atoms with Gasteiger partial charge in [-0.2, -0.15) is 0 Å². The number of nitrogens with zero attached hydrogens (tertiary/aromatic N) is 1. The van der Waals surface area contributed by atoms with E-state index in [2.05, 4.69) is 57.0 Å². The Balaban J connectivity index is 0.000000266. The molecule has 4 aliphatic rings. The molecule has 1 saturated carbocycles. The van der Waals surface area contributed by atoms with Crippen LogP contribution in [0.1, 0.15) is 132 Å². The van der Waals surface area contributed by atoms with Gasteiger partial charge in [0.05, 0.1) is 0 Å². The van der Waals surface area contributed by atoms with E-state index in [0.717, 1.165) is 18.5 Å². The lowest BCUT2D eigenvalue weighted by molar-refractivity contribution is 0.104. The Labute approximate surface area is 214 Å². The Bertz CT molecular complexity index is 607. The maximum Gasteiger partial charge on any atom is 0.00671 e. The van der Waals surface area contributed by atoms with Crippen LogP contribution in [-0.4, -0.2) is 37.1 Å². The topological polar surface area (TPSA) is 15.3 Å². The molecule has 2 nitrogen and oxygen atoms in total. The molecule has 0 radical (unpaired) electrons. The third-order valence-corrected chi connectivity index (χ3v) is 8.92. The van der Waals surface area contributed by atoms with Gasteiger partial charge in [0, 0.05) is 6.04 Å². The average molecular weight is 473 g/mol. The van der Waals surface area contributed by atoms with E-state index in [1.54, 1.807) is 5.57 Å². The standard InChI is InChI=1S/C20H33N.C10H21N.C2H6/c1-19(2,3)11-14-21-15-12-20(13-16-21)10-6-8-17-7-4-5-9-18(17)20;1-3-9-5-7-10(8-6-9)11-4-2;1-2/h4,7H,5-6,8-16H2,1-3H3;9-11H,3-8H2,1-2H3;1-2H3. The monoisotopic (exact) mass is 472 g/mol. The van der Waals surface area contributed by atoms with Crippen LogP contribution in [0, 0.1) is 16.7 Å². The fourth-order valence-electron chi connectivity index (χ4n) is 6.64. The van der Waals surface area contributed by atoms with E-state index in [1.807, 2.05) is 19.4 Å². The molecule has 3 aliphatic carbocycles. The molecule has 0 unspecified atom stereocenters. The van der Waals surface area contributed by atoms with Crippen molar-refractivity contribution in [3.8, 4) is 0 Å². The molecule has 0 aromatic carbocycles. The summed E-state index contributed by atoms with van der Waals surface area (Å²) in [4.78, 5) is 2.73. The van der Waals surface area contributed by atoms with E-state index in [1.165, 1.54) is 103 Å². The van der Waals surface area contributed by atoms with Crippen LogP contribution < -0.4 is 5.32 Å². The number of hydrogen-bond donors (Lipinski definition) is 1. The van der Waals surface area contributed by atoms with Crippen molar-refractivity contribution in [1.82, 2.24) is 10.2 Å². The minimum absolute atomic E-state index is 0.476. The zero-order chi connectivity index (χ0) is 25.0. The Hall–Kier alpha value is -0.600. The first kappa shape index (κ1) is 29.6. The first-order chi connectivity index (χ1) is 16.3. The number of likely N-dealkylation sites (tertiary alicyclic amines) is 1. The molecule has 0 aromatic heterocycles. The molecule has 0 atom stereocenters. The predicted molar refractivity (Wildman–Crippen MR) is 152 cm³/mol. The molecular formula is C32H60N2. The minimum Gasteiger partial charge on any atom is -0.314 e. The van der Waals surface area contributed by atoms with Crippen LogP contribution in [0.25, 0.3) is 0 Å². The van der Waals surface area contributed by atoms with Crippen LogP contribution in [0.2, 0.25) is 0 Å². The lowest BCUT2D eigenvalue weighted by Crippen LogP contribution is -2.43. The zero-order valence-electron chi connectivity index (χ0n) is 24.3. The van der Waals surface area contributed by atoms with Crippen LogP contribution in [0.5, 0.6) is 0 Å². The molecule has 2 fully saturated rings. The molecule has 1 heterocycles. The van der Waals surface area contributed by atoms with E-state index in [-0.39, 0.29) is 0 Å². The lowest BCUT2D eigenvalue weighted by Gasteiger charge is -2.47. The van der Waals surface area contributed by atoms with E-state index in [0.29, 0.717) is 10.8 Å². The van der Waals surface area contributed by atoms with Gasteiger partial charge in [0.15, 0.2) is 0 Å². The summed E-state index contributed by atoms with van der Waals surface area (Å²) in [5, 5.41) is 3.53. The van der Waals surface area contributed by atoms with Gasteiger partial charge in [0.2, 0.25) is 0 Å². The van der Waals surface area contributed by atoms with Gasteiger partial charge in [-0.05, 0) is 126 Å². The van der Waals surface area contributed by atoms with Crippen molar-refractivity contribution >= 4 is 0 Å². The molecule has 0 amide bonds. The van der Waals surface area contributed by atoms with Crippen LogP contribution in [0.4, 0.5) is 0 Å². The molecule has 1 aliphatic heterocycles.